The van der Waals surface area contributed by atoms with Crippen molar-refractivity contribution >= 4 is 40.6 Å². The van der Waals surface area contributed by atoms with Gasteiger partial charge in [0.1, 0.15) is 11.6 Å². The van der Waals surface area contributed by atoms with E-state index in [-0.39, 0.29) is 37.8 Å². The number of fused-ring (bicyclic) bond motifs is 1. The highest BCUT2D eigenvalue weighted by Gasteiger charge is 2.24. The van der Waals surface area contributed by atoms with Crippen molar-refractivity contribution in [3.63, 3.8) is 0 Å². The molecule has 0 fully saturated rings. The van der Waals surface area contributed by atoms with E-state index < -0.39 is 23.9 Å². The number of nitrogens with zero attached hydrogens (tertiary/aromatic N) is 3. The third-order valence-electron chi connectivity index (χ3n) is 5.35. The van der Waals surface area contributed by atoms with Crippen molar-refractivity contribution in [1.29, 1.82) is 0 Å². The lowest BCUT2D eigenvalue weighted by Crippen LogP contribution is -2.42. The monoisotopic (exact) mass is 494 g/mol. The average Bonchev–Trinajstić information content (AvgIpc) is 2.85. The number of anilines is 2. The van der Waals surface area contributed by atoms with Crippen molar-refractivity contribution in [2.75, 3.05) is 24.7 Å². The molecule has 2 aromatic heterocycles. The molecule has 2 heterocycles. The molecule has 0 bridgehead atoms. The number of hydrogen-bond donors (Lipinski definition) is 3. The highest BCUT2D eigenvalue weighted by Crippen LogP contribution is 2.18. The molecule has 0 spiro atoms. The van der Waals surface area contributed by atoms with E-state index in [2.05, 4.69) is 20.3 Å². The van der Waals surface area contributed by atoms with Gasteiger partial charge < -0.3 is 26.3 Å². The average molecular weight is 495 g/mol. The minimum Gasteiger partial charge on any atom is -0.466 e. The Morgan fingerprint density at radius 1 is 0.917 bits per heavy atom. The number of amides is 1. The number of benzene rings is 1. The fourth-order valence-corrected chi connectivity index (χ4v) is 3.56. The van der Waals surface area contributed by atoms with Gasteiger partial charge in [-0.05, 0) is 62.9 Å². The van der Waals surface area contributed by atoms with Gasteiger partial charge in [0, 0.05) is 17.7 Å². The SMILES string of the molecule is CCOC(=O)CC[C@H](NC(=O)c1ccc(CCc2ccc3nc(N)nc(N)c3n2)cc1)C(=O)OCC. The minimum atomic E-state index is -0.952. The minimum absolute atomic E-state index is 0.00942. The summed E-state index contributed by atoms with van der Waals surface area (Å²) < 4.78 is 9.93. The molecule has 3 aromatic rings. The molecule has 11 nitrogen and oxygen atoms in total. The summed E-state index contributed by atoms with van der Waals surface area (Å²) in [5.74, 6) is -1.13. The molecule has 11 heteroatoms. The van der Waals surface area contributed by atoms with Gasteiger partial charge in [-0.2, -0.15) is 4.98 Å². The number of pyridine rings is 1. The van der Waals surface area contributed by atoms with E-state index >= 15 is 0 Å². The zero-order valence-electron chi connectivity index (χ0n) is 20.3. The molecule has 36 heavy (non-hydrogen) atoms. The second-order valence-electron chi connectivity index (χ2n) is 7.96. The third-order valence-corrected chi connectivity index (χ3v) is 5.35. The van der Waals surface area contributed by atoms with Gasteiger partial charge in [-0.1, -0.05) is 12.1 Å². The molecule has 0 unspecified atom stereocenters. The smallest absolute Gasteiger partial charge is 0.328 e. The van der Waals surface area contributed by atoms with Crippen LogP contribution in [0.2, 0.25) is 0 Å². The summed E-state index contributed by atoms with van der Waals surface area (Å²) in [5, 5.41) is 2.66. The first-order valence-corrected chi connectivity index (χ1v) is 11.7. The van der Waals surface area contributed by atoms with Crippen LogP contribution in [-0.2, 0) is 31.9 Å². The fourth-order valence-electron chi connectivity index (χ4n) is 3.56. The number of carbonyl (C=O) groups is 3. The predicted octanol–water partition coefficient (Wildman–Crippen LogP) is 1.98. The van der Waals surface area contributed by atoms with E-state index in [1.54, 1.807) is 32.0 Å². The number of nitrogens with two attached hydrogens (primary N) is 2. The number of nitrogen functional groups attached to an aromatic ring is 2. The van der Waals surface area contributed by atoms with Crippen LogP contribution < -0.4 is 16.8 Å². The standard InChI is InChI=1S/C25H30N6O5/c1-3-35-20(32)14-13-19(24(34)36-4-2)29-23(33)16-8-5-15(6-9-16)7-10-17-11-12-18-21(28-17)22(26)31-25(27)30-18/h5-6,8-9,11-12,19H,3-4,7,10,13-14H2,1-2H3,(H,29,33)(H4,26,27,30,31)/t19-/m0/s1. The fraction of sp³-hybridized carbons (Fsp3) is 0.360. The molecule has 1 atom stereocenters. The molecule has 0 aliphatic carbocycles. The van der Waals surface area contributed by atoms with Gasteiger partial charge in [-0.15, -0.1) is 0 Å². The van der Waals surface area contributed by atoms with E-state index in [0.717, 1.165) is 11.3 Å². The first kappa shape index (κ1) is 26.3. The maximum atomic E-state index is 12.7. The van der Waals surface area contributed by atoms with E-state index in [4.69, 9.17) is 20.9 Å². The summed E-state index contributed by atoms with van der Waals surface area (Å²) >= 11 is 0. The Hall–Kier alpha value is -4.28. The first-order chi connectivity index (χ1) is 17.3. The Balaban J connectivity index is 1.61. The maximum Gasteiger partial charge on any atom is 0.328 e. The van der Waals surface area contributed by atoms with Crippen LogP contribution in [0.1, 0.15) is 48.3 Å². The molecule has 0 saturated carbocycles. The molecule has 1 amide bonds. The van der Waals surface area contributed by atoms with Crippen LogP contribution in [0.15, 0.2) is 36.4 Å². The van der Waals surface area contributed by atoms with Crippen LogP contribution in [0.4, 0.5) is 11.8 Å². The predicted molar refractivity (Wildman–Crippen MR) is 134 cm³/mol. The number of carbonyl (C=O) groups excluding carboxylic acids is 3. The zero-order chi connectivity index (χ0) is 26.1. The van der Waals surface area contributed by atoms with E-state index in [1.165, 1.54) is 0 Å². The number of esters is 2. The highest BCUT2D eigenvalue weighted by atomic mass is 16.5. The second-order valence-corrected chi connectivity index (χ2v) is 7.96. The van der Waals surface area contributed by atoms with Crippen LogP contribution in [0.3, 0.4) is 0 Å². The van der Waals surface area contributed by atoms with Crippen LogP contribution >= 0.6 is 0 Å². The topological polar surface area (TPSA) is 172 Å². The summed E-state index contributed by atoms with van der Waals surface area (Å²) in [5.41, 5.74) is 14.8. The second kappa shape index (κ2) is 12.4. The van der Waals surface area contributed by atoms with Crippen LogP contribution in [0, 0.1) is 0 Å². The largest absolute Gasteiger partial charge is 0.466 e. The Morgan fingerprint density at radius 3 is 2.33 bits per heavy atom. The van der Waals surface area contributed by atoms with Crippen molar-refractivity contribution in [2.45, 2.75) is 45.6 Å². The molecule has 0 aliphatic heterocycles. The summed E-state index contributed by atoms with van der Waals surface area (Å²) in [7, 11) is 0. The van der Waals surface area contributed by atoms with Gasteiger partial charge in [0.15, 0.2) is 5.82 Å². The van der Waals surface area contributed by atoms with Crippen LogP contribution in [0.25, 0.3) is 11.0 Å². The number of aromatic nitrogens is 3. The quantitative estimate of drug-likeness (QED) is 0.335. The molecule has 190 valence electrons. The van der Waals surface area contributed by atoms with Crippen molar-refractivity contribution in [1.82, 2.24) is 20.3 Å². The maximum absolute atomic E-state index is 12.7. The van der Waals surface area contributed by atoms with Crippen LogP contribution in [0.5, 0.6) is 0 Å². The van der Waals surface area contributed by atoms with E-state index in [1.807, 2.05) is 18.2 Å². The lowest BCUT2D eigenvalue weighted by molar-refractivity contribution is -0.146. The number of rotatable bonds is 11. The highest BCUT2D eigenvalue weighted by molar-refractivity contribution is 5.97. The molecule has 5 N–H and O–H groups in total. The molecule has 0 aliphatic rings. The van der Waals surface area contributed by atoms with Gasteiger partial charge in [0.05, 0.1) is 18.7 Å². The van der Waals surface area contributed by atoms with Crippen LogP contribution in [-0.4, -0.2) is 52.1 Å². The van der Waals surface area contributed by atoms with Crippen molar-refractivity contribution in [2.24, 2.45) is 0 Å². The molecular weight excluding hydrogens is 464 g/mol. The Kier molecular flexibility index (Phi) is 9.09. The number of aryl methyl sites for hydroxylation is 2. The lowest BCUT2D eigenvalue weighted by atomic mass is 10.0. The molecule has 1 aromatic carbocycles. The molecule has 3 rings (SSSR count). The molecule has 0 saturated heterocycles. The number of nitrogens with one attached hydrogen (secondary N) is 1. The van der Waals surface area contributed by atoms with E-state index in [9.17, 15) is 14.4 Å². The summed E-state index contributed by atoms with van der Waals surface area (Å²) in [6.45, 7) is 3.79. The zero-order valence-corrected chi connectivity index (χ0v) is 20.3. The lowest BCUT2D eigenvalue weighted by Gasteiger charge is -2.17. The Morgan fingerprint density at radius 2 is 1.64 bits per heavy atom. The number of ether oxygens (including phenoxy) is 2. The van der Waals surface area contributed by atoms with Crippen molar-refractivity contribution in [3.8, 4) is 0 Å². The first-order valence-electron chi connectivity index (χ1n) is 11.7. The van der Waals surface area contributed by atoms with Gasteiger partial charge in [0.2, 0.25) is 5.95 Å². The summed E-state index contributed by atoms with van der Waals surface area (Å²) in [6, 6.07) is 9.76. The molecular formula is C25H30N6O5. The Bertz CT molecular complexity index is 1230. The Labute approximate surface area is 208 Å². The van der Waals surface area contributed by atoms with E-state index in [0.29, 0.717) is 29.4 Å². The van der Waals surface area contributed by atoms with Crippen molar-refractivity contribution < 1.29 is 23.9 Å². The molecule has 0 radical (unpaired) electrons. The third kappa shape index (κ3) is 7.11. The van der Waals surface area contributed by atoms with Crippen molar-refractivity contribution in [3.05, 3.63) is 53.2 Å². The summed E-state index contributed by atoms with van der Waals surface area (Å²) in [6.07, 6.45) is 1.40. The van der Waals surface area contributed by atoms with Gasteiger partial charge in [0.25, 0.3) is 5.91 Å². The van der Waals surface area contributed by atoms with Gasteiger partial charge >= 0.3 is 11.9 Å². The van der Waals surface area contributed by atoms with Gasteiger partial charge in [-0.3, -0.25) is 9.59 Å². The normalized spacial score (nSPS) is 11.6. The number of hydrogen-bond acceptors (Lipinski definition) is 10. The summed E-state index contributed by atoms with van der Waals surface area (Å²) in [4.78, 5) is 49.3. The van der Waals surface area contributed by atoms with Gasteiger partial charge in [-0.25, -0.2) is 14.8 Å².